The van der Waals surface area contributed by atoms with E-state index < -0.39 is 5.60 Å². The topological polar surface area (TPSA) is 41.6 Å². The molecule has 0 saturated carbocycles. The first-order valence-corrected chi connectivity index (χ1v) is 8.28. The second kappa shape index (κ2) is 7.48. The van der Waals surface area contributed by atoms with E-state index in [1.807, 2.05) is 20.8 Å². The fourth-order valence-corrected chi connectivity index (χ4v) is 2.96. The Balaban J connectivity index is 2.60. The maximum atomic E-state index is 12.0. The van der Waals surface area contributed by atoms with E-state index in [-0.39, 0.29) is 12.1 Å². The number of carbonyl (C=O) groups is 1. The minimum Gasteiger partial charge on any atom is -0.444 e. The van der Waals surface area contributed by atoms with Gasteiger partial charge in [-0.2, -0.15) is 0 Å². The summed E-state index contributed by atoms with van der Waals surface area (Å²) in [5, 5.41) is 3.06. The van der Waals surface area contributed by atoms with Crippen molar-refractivity contribution in [1.82, 2.24) is 10.2 Å². The van der Waals surface area contributed by atoms with Crippen molar-refractivity contribution >= 4 is 6.09 Å². The smallest absolute Gasteiger partial charge is 0.407 e. The summed E-state index contributed by atoms with van der Waals surface area (Å²) in [5.41, 5.74) is -0.437. The number of amides is 1. The van der Waals surface area contributed by atoms with Gasteiger partial charge >= 0.3 is 6.09 Å². The van der Waals surface area contributed by atoms with Crippen LogP contribution in [0.25, 0.3) is 0 Å². The van der Waals surface area contributed by atoms with Crippen LogP contribution in [0.1, 0.15) is 54.9 Å². The third-order valence-corrected chi connectivity index (χ3v) is 3.85. The predicted molar refractivity (Wildman–Crippen MR) is 87.4 cm³/mol. The molecule has 2 atom stereocenters. The van der Waals surface area contributed by atoms with Crippen molar-refractivity contribution in [2.24, 2.45) is 17.8 Å². The van der Waals surface area contributed by atoms with Crippen LogP contribution in [-0.4, -0.2) is 42.3 Å². The highest BCUT2D eigenvalue weighted by molar-refractivity contribution is 5.68. The van der Waals surface area contributed by atoms with Gasteiger partial charge in [-0.15, -0.1) is 0 Å². The Morgan fingerprint density at radius 2 is 1.86 bits per heavy atom. The summed E-state index contributed by atoms with van der Waals surface area (Å²) in [6.45, 7) is 17.9. The van der Waals surface area contributed by atoms with E-state index in [1.54, 1.807) is 0 Å². The molecule has 1 aliphatic heterocycles. The molecule has 0 bridgehead atoms. The molecule has 2 unspecified atom stereocenters. The third kappa shape index (κ3) is 7.16. The highest BCUT2D eigenvalue weighted by Gasteiger charge is 2.31. The van der Waals surface area contributed by atoms with Gasteiger partial charge in [0.05, 0.1) is 0 Å². The lowest BCUT2D eigenvalue weighted by Crippen LogP contribution is -2.53. The Kier molecular flexibility index (Phi) is 6.51. The number of piperidine rings is 1. The summed E-state index contributed by atoms with van der Waals surface area (Å²) in [5.74, 6) is 1.93. The molecular formula is C17H34N2O2. The van der Waals surface area contributed by atoms with Crippen molar-refractivity contribution in [3.8, 4) is 0 Å². The van der Waals surface area contributed by atoms with E-state index in [4.69, 9.17) is 4.74 Å². The lowest BCUT2D eigenvalue weighted by Gasteiger charge is -2.40. The van der Waals surface area contributed by atoms with Crippen LogP contribution >= 0.6 is 0 Å². The fraction of sp³-hybridized carbons (Fsp3) is 0.941. The molecule has 1 heterocycles. The van der Waals surface area contributed by atoms with Crippen molar-refractivity contribution in [2.45, 2.75) is 66.5 Å². The van der Waals surface area contributed by atoms with E-state index in [0.29, 0.717) is 17.8 Å². The molecule has 0 aromatic rings. The van der Waals surface area contributed by atoms with Gasteiger partial charge in [0.1, 0.15) is 5.60 Å². The van der Waals surface area contributed by atoms with Gasteiger partial charge in [0.25, 0.3) is 0 Å². The van der Waals surface area contributed by atoms with E-state index in [1.165, 1.54) is 0 Å². The number of nitrogens with one attached hydrogen (secondary N) is 1. The van der Waals surface area contributed by atoms with E-state index in [2.05, 4.69) is 37.9 Å². The highest BCUT2D eigenvalue weighted by Crippen LogP contribution is 2.24. The Morgan fingerprint density at radius 1 is 1.24 bits per heavy atom. The van der Waals surface area contributed by atoms with Gasteiger partial charge in [-0.1, -0.05) is 27.7 Å². The van der Waals surface area contributed by atoms with Crippen LogP contribution in [0.15, 0.2) is 0 Å². The number of ether oxygens (including phenoxy) is 1. The first-order valence-electron chi connectivity index (χ1n) is 8.28. The highest BCUT2D eigenvalue weighted by atomic mass is 16.6. The predicted octanol–water partition coefficient (Wildman–Crippen LogP) is 3.51. The molecule has 1 aliphatic rings. The van der Waals surface area contributed by atoms with Gasteiger partial charge in [-0.25, -0.2) is 4.79 Å². The van der Waals surface area contributed by atoms with Gasteiger partial charge in [0.15, 0.2) is 0 Å². The van der Waals surface area contributed by atoms with Gasteiger partial charge < -0.3 is 15.0 Å². The Morgan fingerprint density at radius 3 is 2.33 bits per heavy atom. The molecule has 0 aliphatic carbocycles. The van der Waals surface area contributed by atoms with Crippen LogP contribution in [0, 0.1) is 17.8 Å². The number of likely N-dealkylation sites (tertiary alicyclic amines) is 1. The van der Waals surface area contributed by atoms with Crippen molar-refractivity contribution in [3.05, 3.63) is 0 Å². The standard InChI is InChI=1S/C17H34N2O2/c1-12(2)9-19-10-14(13(3)4)8-15(11-19)18-16(20)21-17(5,6)7/h12-15H,8-11H2,1-7H3,(H,18,20). The van der Waals surface area contributed by atoms with Crippen LogP contribution in [0.4, 0.5) is 4.79 Å². The Bertz CT molecular complexity index is 334. The lowest BCUT2D eigenvalue weighted by atomic mass is 9.85. The second-order valence-corrected chi connectivity index (χ2v) is 8.20. The number of hydrogen-bond acceptors (Lipinski definition) is 3. The first kappa shape index (κ1) is 18.3. The van der Waals surface area contributed by atoms with Crippen LogP contribution in [0.3, 0.4) is 0 Å². The Hall–Kier alpha value is -0.770. The largest absolute Gasteiger partial charge is 0.444 e. The molecular weight excluding hydrogens is 264 g/mol. The van der Waals surface area contributed by atoms with Crippen LogP contribution in [0.5, 0.6) is 0 Å². The summed E-state index contributed by atoms with van der Waals surface area (Å²) in [7, 11) is 0. The lowest BCUT2D eigenvalue weighted by molar-refractivity contribution is 0.0421. The van der Waals surface area contributed by atoms with Crippen LogP contribution in [0.2, 0.25) is 0 Å². The van der Waals surface area contributed by atoms with Gasteiger partial charge in [-0.05, 0) is 44.9 Å². The summed E-state index contributed by atoms with van der Waals surface area (Å²) >= 11 is 0. The minimum absolute atomic E-state index is 0.194. The molecule has 1 N–H and O–H groups in total. The number of rotatable bonds is 4. The number of hydrogen-bond donors (Lipinski definition) is 1. The number of carbonyl (C=O) groups excluding carboxylic acids is 1. The number of alkyl carbamates (subject to hydrolysis) is 1. The van der Waals surface area contributed by atoms with Crippen LogP contribution in [-0.2, 0) is 4.74 Å². The summed E-state index contributed by atoms with van der Waals surface area (Å²) in [6.07, 6.45) is 0.757. The number of nitrogens with zero attached hydrogens (tertiary/aromatic N) is 1. The summed E-state index contributed by atoms with van der Waals surface area (Å²) in [4.78, 5) is 14.5. The molecule has 4 nitrogen and oxygen atoms in total. The average Bonchev–Trinajstić information content (AvgIpc) is 2.24. The second-order valence-electron chi connectivity index (χ2n) is 8.20. The first-order chi connectivity index (χ1) is 9.56. The van der Waals surface area contributed by atoms with Crippen molar-refractivity contribution < 1.29 is 9.53 Å². The molecule has 0 spiro atoms. The average molecular weight is 298 g/mol. The van der Waals surface area contributed by atoms with Gasteiger partial charge in [0.2, 0.25) is 0 Å². The fourth-order valence-electron chi connectivity index (χ4n) is 2.96. The monoisotopic (exact) mass is 298 g/mol. The molecule has 1 rings (SSSR count). The molecule has 0 radical (unpaired) electrons. The molecule has 0 aromatic carbocycles. The van der Waals surface area contributed by atoms with Crippen molar-refractivity contribution in [1.29, 1.82) is 0 Å². The summed E-state index contributed by atoms with van der Waals surface area (Å²) in [6, 6.07) is 0.194. The van der Waals surface area contributed by atoms with Crippen molar-refractivity contribution in [2.75, 3.05) is 19.6 Å². The third-order valence-electron chi connectivity index (χ3n) is 3.85. The van der Waals surface area contributed by atoms with Crippen molar-refractivity contribution in [3.63, 3.8) is 0 Å². The quantitative estimate of drug-likeness (QED) is 0.863. The summed E-state index contributed by atoms with van der Waals surface area (Å²) < 4.78 is 5.38. The van der Waals surface area contributed by atoms with Gasteiger partial charge in [0, 0.05) is 25.7 Å². The molecule has 1 fully saturated rings. The van der Waals surface area contributed by atoms with E-state index >= 15 is 0 Å². The van der Waals surface area contributed by atoms with E-state index in [0.717, 1.165) is 26.1 Å². The molecule has 1 amide bonds. The zero-order valence-corrected chi connectivity index (χ0v) is 14.9. The minimum atomic E-state index is -0.437. The zero-order valence-electron chi connectivity index (χ0n) is 14.9. The molecule has 21 heavy (non-hydrogen) atoms. The molecule has 1 saturated heterocycles. The van der Waals surface area contributed by atoms with E-state index in [9.17, 15) is 4.79 Å². The van der Waals surface area contributed by atoms with Gasteiger partial charge in [-0.3, -0.25) is 0 Å². The SMILES string of the molecule is CC(C)CN1CC(NC(=O)OC(C)(C)C)CC(C(C)C)C1. The normalized spacial score (nSPS) is 24.4. The van der Waals surface area contributed by atoms with Crippen LogP contribution < -0.4 is 5.32 Å². The zero-order chi connectivity index (χ0) is 16.2. The molecule has 0 aromatic heterocycles. The molecule has 124 valence electrons. The molecule has 4 heteroatoms. The maximum Gasteiger partial charge on any atom is 0.407 e. The Labute approximate surface area is 130 Å². The maximum absolute atomic E-state index is 12.0.